The van der Waals surface area contributed by atoms with Crippen molar-refractivity contribution in [3.8, 4) is 0 Å². The molecule has 0 spiro atoms. The number of nitrogens with zero attached hydrogens (tertiary/aromatic N) is 14. The van der Waals surface area contributed by atoms with Crippen LogP contribution in [0.25, 0.3) is 33.5 Å². The SMILES string of the molecule is CCCCCCCOP(O)(=S)OC1C[C@H](n2cc(C)c(=O)[nH]c2=O)O[C@@H]1COP(O)(=S)OC1C[C@H](n2cnc3c(N)ncnc32)O[C@@H]1COP(O)(=S)OC1C[C@H](n2cnc3c(=O)[nH]c(N)nc32)O[C@@H]1COP(O)(=S)OC1C[C@H](n2cc(C)c(=O)[nH]c2=O)O[C@@H]1COP(O)(=S)OC1C[C@H](n2cnc3c(N)ncnc32)O[C@@H]1COP(O)(=S)OC1C[C@H](n2cc(C)c(=O)[nH]c2=O)O[C@@H]1CCC. The summed E-state index contributed by atoms with van der Waals surface area (Å²) in [7, 11) is 0. The Kier molecular flexibility index (Phi) is 32.0. The first-order chi connectivity index (χ1) is 63.0. The topological polar surface area (TPSA) is 681 Å². The van der Waals surface area contributed by atoms with Crippen LogP contribution in [-0.2, 0) is 154 Å². The highest BCUT2D eigenvalue weighted by Gasteiger charge is 2.51. The molecule has 24 atom stereocenters. The van der Waals surface area contributed by atoms with Crippen molar-refractivity contribution in [1.29, 1.82) is 0 Å². The summed E-state index contributed by atoms with van der Waals surface area (Å²) in [5, 5.41) is 0. The van der Waals surface area contributed by atoms with E-state index in [1.54, 1.807) is 0 Å². The minimum atomic E-state index is -4.71. The third kappa shape index (κ3) is 24.5. The zero-order chi connectivity index (χ0) is 95.1. The number of nitrogens with two attached hydrogens (primary N) is 3. The van der Waals surface area contributed by atoms with Crippen molar-refractivity contribution in [1.82, 2.24) is 87.2 Å². The van der Waals surface area contributed by atoms with Gasteiger partial charge < -0.3 is 129 Å². The molecule has 15 heterocycles. The maximum Gasteiger partial charge on any atom is 0.330 e. The van der Waals surface area contributed by atoms with Gasteiger partial charge in [0.15, 0.2) is 34.1 Å². The van der Waals surface area contributed by atoms with Crippen LogP contribution in [0.5, 0.6) is 0 Å². The van der Waals surface area contributed by atoms with E-state index in [2.05, 4.69) is 66.7 Å². The van der Waals surface area contributed by atoms with Gasteiger partial charge in [0.05, 0.1) is 101 Å². The summed E-state index contributed by atoms with van der Waals surface area (Å²) < 4.78 is 119. The molecule has 6 aliphatic rings. The molecule has 0 radical (unpaired) electrons. The van der Waals surface area contributed by atoms with Gasteiger partial charge in [0.1, 0.15) is 91.6 Å². The first kappa shape index (κ1) is 101. The highest BCUT2D eigenvalue weighted by molar-refractivity contribution is 8.08. The largest absolute Gasteiger partial charge is 0.382 e. The number of imidazole rings is 3. The number of ether oxygens (including phenoxy) is 6. The van der Waals surface area contributed by atoms with E-state index in [9.17, 15) is 62.9 Å². The second kappa shape index (κ2) is 42.1. The van der Waals surface area contributed by atoms with Crippen molar-refractivity contribution in [3.05, 3.63) is 140 Å². The molecule has 0 aromatic carbocycles. The predicted molar refractivity (Wildman–Crippen MR) is 489 cm³/mol. The Labute approximate surface area is 781 Å². The fourth-order valence-corrected chi connectivity index (χ4v) is 24.7. The van der Waals surface area contributed by atoms with Crippen LogP contribution in [0.15, 0.2) is 83.8 Å². The number of anilines is 3. The first-order valence-corrected chi connectivity index (χ1v) is 56.9. The molecular formula is C69H95N21O31P6S6. The van der Waals surface area contributed by atoms with Gasteiger partial charge in [-0.05, 0) is 104 Å². The first-order valence-electron chi connectivity index (χ1n) is 41.4. The lowest BCUT2D eigenvalue weighted by Crippen LogP contribution is -2.33. The number of aromatic nitrogens is 18. The van der Waals surface area contributed by atoms with Gasteiger partial charge >= 0.3 is 57.4 Å². The minimum Gasteiger partial charge on any atom is -0.382 e. The van der Waals surface area contributed by atoms with Gasteiger partial charge in [0.25, 0.3) is 22.2 Å². The summed E-state index contributed by atoms with van der Waals surface area (Å²) in [5.41, 5.74) is 14.3. The van der Waals surface area contributed by atoms with E-state index < -0.39 is 223 Å². The Hall–Kier alpha value is -6.17. The molecule has 6 saturated heterocycles. The normalized spacial score (nSPS) is 28.4. The summed E-state index contributed by atoms with van der Waals surface area (Å²) in [6.07, 6.45) is -7.45. The number of nitrogen functional groups attached to an aromatic ring is 3. The number of hydrogen-bond donors (Lipinski definition) is 13. The monoisotopic (exact) mass is 2090 g/mol. The van der Waals surface area contributed by atoms with Crippen LogP contribution >= 0.6 is 40.3 Å². The lowest BCUT2D eigenvalue weighted by atomic mass is 10.1. The van der Waals surface area contributed by atoms with E-state index in [-0.39, 0.29) is 113 Å². The van der Waals surface area contributed by atoms with Crippen LogP contribution in [0.1, 0.15) is 151 Å². The molecule has 64 heteroatoms. The number of aromatic amines is 4. The van der Waals surface area contributed by atoms with Gasteiger partial charge in [-0.2, -0.15) is 4.98 Å². The smallest absolute Gasteiger partial charge is 0.330 e. The second-order valence-electron chi connectivity index (χ2n) is 31.8. The maximum absolute atomic E-state index is 13.6. The van der Waals surface area contributed by atoms with Crippen LogP contribution in [0.4, 0.5) is 17.6 Å². The molecule has 728 valence electrons. The third-order valence-electron chi connectivity index (χ3n) is 22.3. The molecule has 0 saturated carbocycles. The molecule has 6 fully saturated rings. The number of hydrogen-bond acceptors (Lipinski definition) is 42. The molecule has 52 nitrogen and oxygen atoms in total. The van der Waals surface area contributed by atoms with E-state index in [1.165, 1.54) is 89.3 Å². The summed E-state index contributed by atoms with van der Waals surface area (Å²) in [6, 6.07) is 0. The van der Waals surface area contributed by atoms with Crippen molar-refractivity contribution in [2.24, 2.45) is 0 Å². The lowest BCUT2D eigenvalue weighted by molar-refractivity contribution is -0.0564. The van der Waals surface area contributed by atoms with E-state index in [4.69, 9.17) is 171 Å². The van der Waals surface area contributed by atoms with Crippen LogP contribution in [0, 0.1) is 20.8 Å². The van der Waals surface area contributed by atoms with Gasteiger partial charge in [-0.25, -0.2) is 49.3 Å². The molecule has 133 heavy (non-hydrogen) atoms. The Morgan fingerprint density at radius 3 is 0.992 bits per heavy atom. The average Bonchev–Trinajstić information content (AvgIpc) is 1.61. The predicted octanol–water partition coefficient (Wildman–Crippen LogP) is 3.33. The summed E-state index contributed by atoms with van der Waals surface area (Å²) >= 11 is 33.8. The van der Waals surface area contributed by atoms with Crippen molar-refractivity contribution in [3.63, 3.8) is 0 Å². The zero-order valence-electron chi connectivity index (χ0n) is 71.0. The van der Waals surface area contributed by atoms with Crippen LogP contribution in [0.3, 0.4) is 0 Å². The molecule has 0 amide bonds. The van der Waals surface area contributed by atoms with Gasteiger partial charge in [-0.3, -0.25) is 66.5 Å². The third-order valence-corrected chi connectivity index (χ3v) is 31.9. The lowest BCUT2D eigenvalue weighted by Gasteiger charge is -2.28. The van der Waals surface area contributed by atoms with Crippen LogP contribution in [-0.4, -0.2) is 229 Å². The second-order valence-corrected chi connectivity index (χ2v) is 48.5. The average molecular weight is 2090 g/mol. The van der Waals surface area contributed by atoms with Gasteiger partial charge in [-0.15, -0.1) is 0 Å². The molecule has 0 bridgehead atoms. The maximum atomic E-state index is 13.6. The summed E-state index contributed by atoms with van der Waals surface area (Å²) in [6.45, 7) is -21.8. The van der Waals surface area contributed by atoms with E-state index in [0.29, 0.717) is 19.3 Å². The Balaban J connectivity index is 0.644. The molecule has 15 rings (SSSR count). The number of nitrogens with one attached hydrogen (secondary N) is 4. The number of aryl methyl sites for hydroxylation is 3. The number of H-pyrrole nitrogens is 4. The van der Waals surface area contributed by atoms with Crippen molar-refractivity contribution < 1.29 is 112 Å². The highest BCUT2D eigenvalue weighted by Crippen LogP contribution is 2.58. The molecule has 9 aromatic rings. The molecule has 6 aliphatic heterocycles. The minimum absolute atomic E-state index is 0.00270. The van der Waals surface area contributed by atoms with E-state index >= 15 is 0 Å². The summed E-state index contributed by atoms with van der Waals surface area (Å²) in [5.74, 6) is -0.241. The molecule has 9 aromatic heterocycles. The van der Waals surface area contributed by atoms with Crippen LogP contribution in [0.2, 0.25) is 0 Å². The number of unbranched alkanes of at least 4 members (excludes halogenated alkanes) is 4. The number of fused-ring (bicyclic) bond motifs is 3. The van der Waals surface area contributed by atoms with Gasteiger partial charge in [-0.1, -0.05) is 46.0 Å². The van der Waals surface area contributed by atoms with Gasteiger partial charge in [0.2, 0.25) is 5.95 Å². The zero-order valence-corrected chi connectivity index (χ0v) is 81.2. The standard InChI is InChI=1S/C69H95N21O31P6S6/c1-6-8-9-10-11-13-104-122(98,128)117-38-15-49(86-21-34(4)63(92)83-68(86)96)111-43(38)23-106-125(101,131)120-41-18-52(89-31-78-55-58(71)74-29-76-60(55)89)114-46(41)26-108-127(103,133)121-42-19-53(90-32-79-56-61(90)80-66(72)81-65(56)94)115-47(42)27-109-124(100,130)118-39-16-50(87-22-35(5)64(93)84-69(87)97)112-44(39)24-107-126(102,132)119-40-17-51(88-30-77-54-57(70)73-28-75-59(54)88)113-45(40)25-105-123(99,129)116-37-14-48(110-36(37)12-7-2)85-20-33(3)62(91)82-67(85)95/h20-22,28-32,36-53H,6-19,23-27H2,1-5H3,(H,98,128)(H,99,129)(H,100,130)(H,101,131)(H,102,132)(H,103,133)(H2,70,73,75)(H2,71,74,76)(H,82,91,95)(H,83,92,96)(H,84,93,97)(H3,72,80,81,94)/t36-,37?,38?,39?,40?,41?,42?,43-,44-,45-,46-,47-,48-,49-,50-,51-,52-,53-,122?,123?,124?,125?,126?,127?/m1/s1. The molecule has 0 aliphatic carbocycles. The van der Waals surface area contributed by atoms with Crippen molar-refractivity contribution in [2.45, 2.75) is 229 Å². The van der Waals surface area contributed by atoms with E-state index in [1.807, 2.05) is 6.92 Å². The molecular weight excluding hydrogens is 2000 g/mol. The molecule has 12 unspecified atom stereocenters. The Morgan fingerprint density at radius 2 is 0.662 bits per heavy atom. The van der Waals surface area contributed by atoms with Crippen LogP contribution < -0.4 is 56.5 Å². The van der Waals surface area contributed by atoms with E-state index in [0.717, 1.165) is 34.8 Å². The molecule has 16 N–H and O–H groups in total. The fraction of sp³-hybridized carbons (Fsp3) is 0.609. The van der Waals surface area contributed by atoms with Crippen molar-refractivity contribution >= 4 is 162 Å². The quantitative estimate of drug-likeness (QED) is 0.0193. The Bertz CT molecular complexity index is 6550. The van der Waals surface area contributed by atoms with Crippen molar-refractivity contribution in [2.75, 3.05) is 56.8 Å². The number of rotatable bonds is 42. The highest BCUT2D eigenvalue weighted by atomic mass is 32.5. The fourth-order valence-electron chi connectivity index (χ4n) is 15.8. The summed E-state index contributed by atoms with van der Waals surface area (Å²) in [4.78, 5) is 205. The van der Waals surface area contributed by atoms with Gasteiger partial charge in [0, 0.05) is 73.8 Å². The Morgan fingerprint density at radius 1 is 0.368 bits per heavy atom.